The maximum absolute atomic E-state index is 11.4. The Morgan fingerprint density at radius 3 is 2.81 bits per heavy atom. The summed E-state index contributed by atoms with van der Waals surface area (Å²) in [6.07, 6.45) is 0. The highest BCUT2D eigenvalue weighted by Gasteiger charge is 2.14. The Morgan fingerprint density at radius 1 is 1.50 bits per heavy atom. The van der Waals surface area contributed by atoms with E-state index in [9.17, 15) is 9.59 Å². The molecule has 1 unspecified atom stereocenters. The van der Waals surface area contributed by atoms with Gasteiger partial charge in [-0.1, -0.05) is 0 Å². The average molecular weight is 241 g/mol. The van der Waals surface area contributed by atoms with E-state index in [1.54, 1.807) is 18.3 Å². The fourth-order valence-corrected chi connectivity index (χ4v) is 1.71. The second kappa shape index (κ2) is 6.24. The van der Waals surface area contributed by atoms with Gasteiger partial charge < -0.3 is 10.6 Å². The fraction of sp³-hybridized carbons (Fsp3) is 0.400. The SMILES string of the molecule is CNC(=O)NC(=O)C(C)NCc1ccsc1. The Kier molecular flexibility index (Phi) is 4.94. The zero-order chi connectivity index (χ0) is 12.0. The maximum Gasteiger partial charge on any atom is 0.321 e. The maximum atomic E-state index is 11.4. The molecule has 1 rings (SSSR count). The van der Waals surface area contributed by atoms with Crippen LogP contribution >= 0.6 is 11.3 Å². The van der Waals surface area contributed by atoms with Gasteiger partial charge in [0, 0.05) is 13.6 Å². The van der Waals surface area contributed by atoms with Crippen LogP contribution in [0.1, 0.15) is 12.5 Å². The summed E-state index contributed by atoms with van der Waals surface area (Å²) in [5.41, 5.74) is 1.13. The molecule has 1 aromatic heterocycles. The van der Waals surface area contributed by atoms with Gasteiger partial charge in [0.2, 0.25) is 5.91 Å². The van der Waals surface area contributed by atoms with Gasteiger partial charge in [0.15, 0.2) is 0 Å². The van der Waals surface area contributed by atoms with Crippen LogP contribution in [-0.4, -0.2) is 25.0 Å². The lowest BCUT2D eigenvalue weighted by Crippen LogP contribution is -2.47. The Morgan fingerprint density at radius 2 is 2.25 bits per heavy atom. The van der Waals surface area contributed by atoms with Crippen LogP contribution in [0.15, 0.2) is 16.8 Å². The second-order valence-electron chi connectivity index (χ2n) is 3.30. The molecule has 0 aromatic carbocycles. The number of carbonyl (C=O) groups is 2. The first-order valence-electron chi connectivity index (χ1n) is 4.90. The van der Waals surface area contributed by atoms with E-state index in [2.05, 4.69) is 16.0 Å². The van der Waals surface area contributed by atoms with Gasteiger partial charge in [-0.2, -0.15) is 11.3 Å². The van der Waals surface area contributed by atoms with Crippen LogP contribution in [0.3, 0.4) is 0 Å². The van der Waals surface area contributed by atoms with Crippen LogP contribution < -0.4 is 16.0 Å². The van der Waals surface area contributed by atoms with Crippen molar-refractivity contribution < 1.29 is 9.59 Å². The molecular weight excluding hydrogens is 226 g/mol. The molecule has 0 aliphatic heterocycles. The molecule has 6 heteroatoms. The molecule has 0 aliphatic carbocycles. The molecule has 0 fully saturated rings. The monoisotopic (exact) mass is 241 g/mol. The number of amides is 3. The lowest BCUT2D eigenvalue weighted by molar-refractivity contribution is -0.121. The minimum absolute atomic E-state index is 0.338. The first-order chi connectivity index (χ1) is 7.63. The molecule has 5 nitrogen and oxygen atoms in total. The Balaban J connectivity index is 2.31. The van der Waals surface area contributed by atoms with E-state index in [0.717, 1.165) is 5.56 Å². The summed E-state index contributed by atoms with van der Waals surface area (Å²) < 4.78 is 0. The molecule has 3 amide bonds. The number of imide groups is 1. The van der Waals surface area contributed by atoms with Crippen LogP contribution in [0.5, 0.6) is 0 Å². The average Bonchev–Trinajstić information content (AvgIpc) is 2.78. The molecular formula is C10H15N3O2S. The minimum Gasteiger partial charge on any atom is -0.341 e. The number of hydrogen-bond donors (Lipinski definition) is 3. The van der Waals surface area contributed by atoms with Crippen molar-refractivity contribution in [3.05, 3.63) is 22.4 Å². The summed E-state index contributed by atoms with van der Waals surface area (Å²) in [4.78, 5) is 22.3. The second-order valence-corrected chi connectivity index (χ2v) is 4.08. The molecule has 0 spiro atoms. The molecule has 0 bridgehead atoms. The van der Waals surface area contributed by atoms with E-state index in [-0.39, 0.29) is 5.91 Å². The van der Waals surface area contributed by atoms with Crippen LogP contribution in [0.4, 0.5) is 4.79 Å². The number of rotatable bonds is 4. The molecule has 88 valence electrons. The normalized spacial score (nSPS) is 11.9. The van der Waals surface area contributed by atoms with Crippen molar-refractivity contribution in [2.75, 3.05) is 7.05 Å². The lowest BCUT2D eigenvalue weighted by atomic mass is 10.3. The third kappa shape index (κ3) is 4.00. The molecule has 3 N–H and O–H groups in total. The molecule has 0 saturated carbocycles. The van der Waals surface area contributed by atoms with Gasteiger partial charge >= 0.3 is 6.03 Å². The lowest BCUT2D eigenvalue weighted by Gasteiger charge is -2.12. The van der Waals surface area contributed by atoms with E-state index in [4.69, 9.17) is 0 Å². The van der Waals surface area contributed by atoms with Crippen LogP contribution in [-0.2, 0) is 11.3 Å². The highest BCUT2D eigenvalue weighted by Crippen LogP contribution is 2.05. The smallest absolute Gasteiger partial charge is 0.321 e. The molecule has 0 aliphatic rings. The molecule has 16 heavy (non-hydrogen) atoms. The van der Waals surface area contributed by atoms with Gasteiger partial charge in [0.1, 0.15) is 0 Å². The Bertz CT molecular complexity index is 351. The van der Waals surface area contributed by atoms with Crippen molar-refractivity contribution >= 4 is 23.3 Å². The van der Waals surface area contributed by atoms with Gasteiger partial charge in [-0.25, -0.2) is 4.79 Å². The summed E-state index contributed by atoms with van der Waals surface area (Å²) in [5.74, 6) is -0.338. The quantitative estimate of drug-likeness (QED) is 0.726. The van der Waals surface area contributed by atoms with E-state index >= 15 is 0 Å². The topological polar surface area (TPSA) is 70.2 Å². The standard InChI is InChI=1S/C10H15N3O2S/c1-7(9(14)13-10(15)11-2)12-5-8-3-4-16-6-8/h3-4,6-7,12H,5H2,1-2H3,(H2,11,13,14,15). The van der Waals surface area contributed by atoms with E-state index < -0.39 is 12.1 Å². The van der Waals surface area contributed by atoms with Gasteiger partial charge in [-0.3, -0.25) is 10.1 Å². The number of urea groups is 1. The summed E-state index contributed by atoms with van der Waals surface area (Å²) in [6, 6.07) is 1.09. The van der Waals surface area contributed by atoms with Gasteiger partial charge in [-0.15, -0.1) is 0 Å². The summed E-state index contributed by atoms with van der Waals surface area (Å²) in [5, 5.41) is 11.6. The fourth-order valence-electron chi connectivity index (χ4n) is 1.04. The first-order valence-corrected chi connectivity index (χ1v) is 5.84. The molecule has 1 aromatic rings. The Labute approximate surface area is 98.2 Å². The van der Waals surface area contributed by atoms with Crippen LogP contribution in [0.2, 0.25) is 0 Å². The van der Waals surface area contributed by atoms with E-state index in [0.29, 0.717) is 6.54 Å². The molecule has 1 atom stereocenters. The third-order valence-electron chi connectivity index (χ3n) is 2.05. The number of carbonyl (C=O) groups excluding carboxylic acids is 2. The minimum atomic E-state index is -0.491. The van der Waals surface area contributed by atoms with E-state index in [1.165, 1.54) is 7.05 Å². The largest absolute Gasteiger partial charge is 0.341 e. The number of thiophene rings is 1. The predicted octanol–water partition coefficient (Wildman–Crippen LogP) is 0.682. The summed E-state index contributed by atoms with van der Waals surface area (Å²) >= 11 is 1.61. The first kappa shape index (κ1) is 12.7. The van der Waals surface area contributed by atoms with Crippen molar-refractivity contribution in [1.29, 1.82) is 0 Å². The van der Waals surface area contributed by atoms with Crippen LogP contribution in [0, 0.1) is 0 Å². The zero-order valence-corrected chi connectivity index (χ0v) is 10.1. The summed E-state index contributed by atoms with van der Waals surface area (Å²) in [7, 11) is 1.46. The van der Waals surface area contributed by atoms with Crippen molar-refractivity contribution in [2.24, 2.45) is 0 Å². The van der Waals surface area contributed by atoms with Gasteiger partial charge in [-0.05, 0) is 29.3 Å². The third-order valence-corrected chi connectivity index (χ3v) is 2.78. The van der Waals surface area contributed by atoms with Crippen molar-refractivity contribution in [3.8, 4) is 0 Å². The molecule has 1 heterocycles. The highest BCUT2D eigenvalue weighted by molar-refractivity contribution is 7.07. The van der Waals surface area contributed by atoms with Gasteiger partial charge in [0.25, 0.3) is 0 Å². The zero-order valence-electron chi connectivity index (χ0n) is 9.24. The van der Waals surface area contributed by atoms with Crippen molar-refractivity contribution in [1.82, 2.24) is 16.0 Å². The van der Waals surface area contributed by atoms with Crippen molar-refractivity contribution in [2.45, 2.75) is 19.5 Å². The van der Waals surface area contributed by atoms with Crippen LogP contribution in [0.25, 0.3) is 0 Å². The van der Waals surface area contributed by atoms with Gasteiger partial charge in [0.05, 0.1) is 6.04 Å². The molecule has 0 saturated heterocycles. The van der Waals surface area contributed by atoms with E-state index in [1.807, 2.05) is 16.8 Å². The molecule has 0 radical (unpaired) electrons. The predicted molar refractivity (Wildman–Crippen MR) is 63.2 cm³/mol. The number of hydrogen-bond acceptors (Lipinski definition) is 4. The highest BCUT2D eigenvalue weighted by atomic mass is 32.1. The Hall–Kier alpha value is -1.40. The number of nitrogens with one attached hydrogen (secondary N) is 3. The summed E-state index contributed by atoms with van der Waals surface area (Å²) in [6.45, 7) is 2.33. The van der Waals surface area contributed by atoms with Crippen molar-refractivity contribution in [3.63, 3.8) is 0 Å².